The molecule has 2 heterocycles. The first-order valence-corrected chi connectivity index (χ1v) is 12.6. The van der Waals surface area contributed by atoms with Crippen LogP contribution in [-0.2, 0) is 19.4 Å². The number of aromatic amines is 1. The summed E-state index contributed by atoms with van der Waals surface area (Å²) in [7, 11) is 0. The second-order valence-corrected chi connectivity index (χ2v) is 11.6. The van der Waals surface area contributed by atoms with E-state index in [4.69, 9.17) is 6.42 Å². The number of rotatable bonds is 5. The second kappa shape index (κ2) is 7.83. The Morgan fingerprint density at radius 1 is 1.14 bits per heavy atom. The Morgan fingerprint density at radius 3 is 2.58 bits per heavy atom. The van der Waals surface area contributed by atoms with Gasteiger partial charge in [-0.05, 0) is 73.4 Å². The van der Waals surface area contributed by atoms with Gasteiger partial charge in [0.2, 0.25) is 0 Å². The van der Waals surface area contributed by atoms with E-state index in [0.717, 1.165) is 48.1 Å². The minimum absolute atomic E-state index is 0.0728. The van der Waals surface area contributed by atoms with Crippen LogP contribution in [0.15, 0.2) is 42.5 Å². The molecule has 1 saturated carbocycles. The van der Waals surface area contributed by atoms with E-state index in [0.29, 0.717) is 17.7 Å². The molecule has 6 nitrogen and oxygen atoms in total. The van der Waals surface area contributed by atoms with E-state index < -0.39 is 6.04 Å². The molecule has 1 fully saturated rings. The third-order valence-electron chi connectivity index (χ3n) is 7.85. The van der Waals surface area contributed by atoms with Crippen LogP contribution in [0.25, 0.3) is 11.3 Å². The maximum atomic E-state index is 13.3. The highest BCUT2D eigenvalue weighted by Gasteiger charge is 2.39. The van der Waals surface area contributed by atoms with E-state index in [9.17, 15) is 9.59 Å². The normalized spacial score (nSPS) is 19.4. The number of nitrogens with zero attached hydrogens (tertiary/aromatic N) is 2. The lowest BCUT2D eigenvalue weighted by Crippen LogP contribution is -2.34. The Balaban J connectivity index is 1.23. The van der Waals surface area contributed by atoms with Crippen molar-refractivity contribution in [3.63, 3.8) is 0 Å². The first-order chi connectivity index (χ1) is 17.2. The van der Waals surface area contributed by atoms with Crippen LogP contribution in [0.3, 0.4) is 0 Å². The molecular formula is C30H30N4O2. The Morgan fingerprint density at radius 2 is 1.89 bits per heavy atom. The topological polar surface area (TPSA) is 78.1 Å². The number of fused-ring (bicyclic) bond motifs is 2. The van der Waals surface area contributed by atoms with Crippen molar-refractivity contribution in [2.75, 3.05) is 0 Å². The molecule has 6 rings (SSSR count). The zero-order chi connectivity index (χ0) is 25.2. The Hall–Kier alpha value is -3.85. The maximum Gasteiger partial charge on any atom is 0.255 e. The SMILES string of the molecule is C#C[C@H](c1ccc(C(=O)NC2(C)CC2)cc1)N1Cc2cc(-c3n[nH]c4c3CC(C)(C)C4)ccc2C1=O. The van der Waals surface area contributed by atoms with Crippen LogP contribution in [0.5, 0.6) is 0 Å². The van der Waals surface area contributed by atoms with Gasteiger partial charge in [-0.25, -0.2) is 0 Å². The van der Waals surface area contributed by atoms with Gasteiger partial charge in [0.15, 0.2) is 0 Å². The number of hydrogen-bond donors (Lipinski definition) is 2. The number of carbonyl (C=O) groups is 2. The number of terminal acetylenes is 1. The van der Waals surface area contributed by atoms with Gasteiger partial charge in [0.1, 0.15) is 6.04 Å². The smallest absolute Gasteiger partial charge is 0.255 e. The Labute approximate surface area is 211 Å². The molecule has 0 unspecified atom stereocenters. The summed E-state index contributed by atoms with van der Waals surface area (Å²) in [6.45, 7) is 7.04. The van der Waals surface area contributed by atoms with Crippen LogP contribution in [0.4, 0.5) is 0 Å². The third kappa shape index (κ3) is 3.80. The van der Waals surface area contributed by atoms with Crippen LogP contribution in [0, 0.1) is 17.8 Å². The Kier molecular flexibility index (Phi) is 4.91. The predicted molar refractivity (Wildman–Crippen MR) is 138 cm³/mol. The van der Waals surface area contributed by atoms with Gasteiger partial charge >= 0.3 is 0 Å². The summed E-state index contributed by atoms with van der Waals surface area (Å²) in [4.78, 5) is 27.6. The minimum atomic E-state index is -0.512. The van der Waals surface area contributed by atoms with Crippen molar-refractivity contribution in [3.05, 3.63) is 76.0 Å². The molecule has 3 aromatic rings. The minimum Gasteiger partial charge on any atom is -0.347 e. The molecule has 0 bridgehead atoms. The maximum absolute atomic E-state index is 13.3. The number of nitrogens with one attached hydrogen (secondary N) is 2. The number of amides is 2. The highest BCUT2D eigenvalue weighted by Crippen LogP contribution is 2.41. The van der Waals surface area contributed by atoms with E-state index in [1.807, 2.05) is 24.3 Å². The third-order valence-corrected chi connectivity index (χ3v) is 7.85. The fourth-order valence-electron chi connectivity index (χ4n) is 5.54. The summed E-state index contributed by atoms with van der Waals surface area (Å²) >= 11 is 0. The molecule has 2 aliphatic carbocycles. The first kappa shape index (κ1) is 22.6. The zero-order valence-electron chi connectivity index (χ0n) is 20.9. The molecule has 1 aromatic heterocycles. The van der Waals surface area contributed by atoms with Crippen molar-refractivity contribution < 1.29 is 9.59 Å². The van der Waals surface area contributed by atoms with Crippen molar-refractivity contribution in [1.82, 2.24) is 20.4 Å². The van der Waals surface area contributed by atoms with Gasteiger partial charge in [0, 0.05) is 40.0 Å². The molecule has 2 aromatic carbocycles. The van der Waals surface area contributed by atoms with Crippen molar-refractivity contribution in [2.45, 2.75) is 64.6 Å². The van der Waals surface area contributed by atoms with Gasteiger partial charge in [-0.15, -0.1) is 6.42 Å². The van der Waals surface area contributed by atoms with E-state index in [1.165, 1.54) is 11.3 Å². The van der Waals surface area contributed by atoms with E-state index in [1.54, 1.807) is 17.0 Å². The molecule has 1 atom stereocenters. The number of hydrogen-bond acceptors (Lipinski definition) is 3. The van der Waals surface area contributed by atoms with E-state index in [-0.39, 0.29) is 22.8 Å². The molecule has 2 N–H and O–H groups in total. The van der Waals surface area contributed by atoms with Gasteiger partial charge in [-0.1, -0.05) is 38.0 Å². The lowest BCUT2D eigenvalue weighted by atomic mass is 9.90. The monoisotopic (exact) mass is 478 g/mol. The number of H-pyrrole nitrogens is 1. The van der Waals surface area contributed by atoms with E-state index >= 15 is 0 Å². The summed E-state index contributed by atoms with van der Waals surface area (Å²) in [6, 6.07) is 12.7. The van der Waals surface area contributed by atoms with Gasteiger partial charge in [-0.2, -0.15) is 5.10 Å². The van der Waals surface area contributed by atoms with Crippen molar-refractivity contribution in [2.24, 2.45) is 5.41 Å². The predicted octanol–water partition coefficient (Wildman–Crippen LogP) is 4.81. The first-order valence-electron chi connectivity index (χ1n) is 12.6. The van der Waals surface area contributed by atoms with Crippen LogP contribution < -0.4 is 5.32 Å². The number of carbonyl (C=O) groups excluding carboxylic acids is 2. The van der Waals surface area contributed by atoms with Crippen molar-refractivity contribution in [3.8, 4) is 23.6 Å². The fourth-order valence-corrected chi connectivity index (χ4v) is 5.54. The van der Waals surface area contributed by atoms with Crippen LogP contribution in [0.2, 0.25) is 0 Å². The van der Waals surface area contributed by atoms with Gasteiger partial charge in [0.05, 0.1) is 5.69 Å². The number of aromatic nitrogens is 2. The Bertz CT molecular complexity index is 1440. The molecule has 36 heavy (non-hydrogen) atoms. The van der Waals surface area contributed by atoms with Crippen LogP contribution >= 0.6 is 0 Å². The lowest BCUT2D eigenvalue weighted by Gasteiger charge is -2.24. The molecule has 182 valence electrons. The highest BCUT2D eigenvalue weighted by molar-refractivity contribution is 5.99. The molecule has 1 aliphatic heterocycles. The van der Waals surface area contributed by atoms with Gasteiger partial charge in [-0.3, -0.25) is 14.7 Å². The molecule has 0 radical (unpaired) electrons. The molecular weight excluding hydrogens is 448 g/mol. The molecule has 3 aliphatic rings. The largest absolute Gasteiger partial charge is 0.347 e. The van der Waals surface area contributed by atoms with Crippen molar-refractivity contribution >= 4 is 11.8 Å². The second-order valence-electron chi connectivity index (χ2n) is 11.6. The van der Waals surface area contributed by atoms with E-state index in [2.05, 4.69) is 48.3 Å². The van der Waals surface area contributed by atoms with Crippen LogP contribution in [0.1, 0.15) is 82.8 Å². The van der Waals surface area contributed by atoms with Crippen LogP contribution in [-0.4, -0.2) is 32.5 Å². The molecule has 0 saturated heterocycles. The molecule has 0 spiro atoms. The quantitative estimate of drug-likeness (QED) is 0.517. The molecule has 6 heteroatoms. The molecule has 2 amide bonds. The average Bonchev–Trinajstić information content (AvgIpc) is 3.15. The van der Waals surface area contributed by atoms with Gasteiger partial charge < -0.3 is 10.2 Å². The summed E-state index contributed by atoms with van der Waals surface area (Å²) < 4.78 is 0. The summed E-state index contributed by atoms with van der Waals surface area (Å²) in [5.74, 6) is 2.64. The standard InChI is InChI=1S/C30H30N4O2/c1-5-25(18-6-8-19(9-7-18)27(35)31-30(4)12-13-30)34-17-21-14-20(10-11-22(21)28(34)36)26-23-15-29(2,3)16-24(23)32-33-26/h1,6-11,14,25H,12-13,15-17H2,2-4H3,(H,31,35)(H,32,33)/t25-/m1/s1. The summed E-state index contributed by atoms with van der Waals surface area (Å²) in [5, 5.41) is 10.9. The summed E-state index contributed by atoms with van der Waals surface area (Å²) in [5.41, 5.74) is 7.71. The highest BCUT2D eigenvalue weighted by atomic mass is 16.2. The van der Waals surface area contributed by atoms with Gasteiger partial charge in [0.25, 0.3) is 11.8 Å². The lowest BCUT2D eigenvalue weighted by molar-refractivity contribution is 0.0742. The van der Waals surface area contributed by atoms with Crippen molar-refractivity contribution in [1.29, 1.82) is 0 Å². The summed E-state index contributed by atoms with van der Waals surface area (Å²) in [6.07, 6.45) is 9.93. The average molecular weight is 479 g/mol. The zero-order valence-corrected chi connectivity index (χ0v) is 20.9. The fraction of sp³-hybridized carbons (Fsp3) is 0.367. The number of benzene rings is 2.